The third-order valence-corrected chi connectivity index (χ3v) is 8.60. The Kier molecular flexibility index (Phi) is 6.67. The molecule has 1 saturated carbocycles. The fourth-order valence-electron chi connectivity index (χ4n) is 5.76. The average Bonchev–Trinajstić information content (AvgIpc) is 3.55. The molecule has 3 aromatic rings. The molecule has 0 spiro atoms. The number of benzene rings is 2. The van der Waals surface area contributed by atoms with Crippen LogP contribution in [0, 0.1) is 17.7 Å². The molecule has 1 saturated heterocycles. The third-order valence-electron chi connectivity index (χ3n) is 7.81. The number of aromatic nitrogens is 1. The summed E-state index contributed by atoms with van der Waals surface area (Å²) in [5.74, 6) is 3.12. The van der Waals surface area contributed by atoms with Gasteiger partial charge in [-0.3, -0.25) is 9.69 Å². The highest BCUT2D eigenvalue weighted by molar-refractivity contribution is 7.13. The van der Waals surface area contributed by atoms with Crippen molar-refractivity contribution in [3.63, 3.8) is 0 Å². The molecule has 190 valence electrons. The van der Waals surface area contributed by atoms with Gasteiger partial charge >= 0.3 is 0 Å². The number of carbonyl (C=O) groups is 1. The second kappa shape index (κ2) is 10.2. The molecule has 2 aliphatic heterocycles. The molecule has 2 fully saturated rings. The Hall–Kier alpha value is -2.91. The lowest BCUT2D eigenvalue weighted by Crippen LogP contribution is -2.49. The zero-order valence-electron chi connectivity index (χ0n) is 20.2. The van der Waals surface area contributed by atoms with E-state index >= 15 is 0 Å². The van der Waals surface area contributed by atoms with E-state index in [9.17, 15) is 9.18 Å². The number of hydrogen-bond donors (Lipinski definition) is 1. The topological polar surface area (TPSA) is 66.9 Å². The SMILES string of the molecule is O=C(NC[C@@H]1CCCC[C@H]1CN1CCN(c2nsc3cc(F)ccc23)CC1)c1ccc2c(c1)OCO2. The molecule has 0 unspecified atom stereocenters. The van der Waals surface area contributed by atoms with Crippen LogP contribution in [0.5, 0.6) is 11.5 Å². The molecule has 0 radical (unpaired) electrons. The largest absolute Gasteiger partial charge is 0.454 e. The molecule has 7 nitrogen and oxygen atoms in total. The van der Waals surface area contributed by atoms with E-state index in [1.165, 1.54) is 36.9 Å². The summed E-state index contributed by atoms with van der Waals surface area (Å²) in [5.41, 5.74) is 0.611. The van der Waals surface area contributed by atoms with Crippen LogP contribution in [0.2, 0.25) is 0 Å². The van der Waals surface area contributed by atoms with Crippen LogP contribution in [0.1, 0.15) is 36.0 Å². The number of carbonyl (C=O) groups excluding carboxylic acids is 1. The van der Waals surface area contributed by atoms with Gasteiger partial charge in [-0.05, 0) is 72.6 Å². The molecule has 1 aliphatic carbocycles. The van der Waals surface area contributed by atoms with Crippen molar-refractivity contribution < 1.29 is 18.7 Å². The minimum Gasteiger partial charge on any atom is -0.454 e. The Morgan fingerprint density at radius 3 is 2.69 bits per heavy atom. The minimum atomic E-state index is -0.211. The highest BCUT2D eigenvalue weighted by Crippen LogP contribution is 2.34. The van der Waals surface area contributed by atoms with Gasteiger partial charge in [-0.15, -0.1) is 0 Å². The maximum absolute atomic E-state index is 13.6. The minimum absolute atomic E-state index is 0.0541. The van der Waals surface area contributed by atoms with Crippen molar-refractivity contribution >= 4 is 33.3 Å². The fraction of sp³-hybridized carbons (Fsp3) is 0.481. The van der Waals surface area contributed by atoms with E-state index in [1.54, 1.807) is 24.3 Å². The Balaban J connectivity index is 1.02. The lowest BCUT2D eigenvalue weighted by molar-refractivity contribution is 0.0919. The summed E-state index contributed by atoms with van der Waals surface area (Å²) in [5, 5.41) is 4.22. The molecule has 0 bridgehead atoms. The molecule has 1 N–H and O–H groups in total. The number of halogens is 1. The van der Waals surface area contributed by atoms with Crippen LogP contribution in [0.25, 0.3) is 10.1 Å². The van der Waals surface area contributed by atoms with E-state index in [4.69, 9.17) is 9.47 Å². The van der Waals surface area contributed by atoms with Gasteiger partial charge in [0.25, 0.3) is 5.91 Å². The first kappa shape index (κ1) is 23.5. The zero-order chi connectivity index (χ0) is 24.5. The summed E-state index contributed by atoms with van der Waals surface area (Å²) in [6.07, 6.45) is 4.87. The Morgan fingerprint density at radius 1 is 1.03 bits per heavy atom. The van der Waals surface area contributed by atoms with E-state index < -0.39 is 0 Å². The molecular weight excluding hydrogens is 479 g/mol. The van der Waals surface area contributed by atoms with E-state index in [0.29, 0.717) is 35.4 Å². The maximum Gasteiger partial charge on any atom is 0.251 e. The third kappa shape index (κ3) is 4.86. The molecule has 2 aromatic carbocycles. The Bertz CT molecular complexity index is 1240. The monoisotopic (exact) mass is 510 g/mol. The summed E-state index contributed by atoms with van der Waals surface area (Å²) < 4.78 is 29.8. The normalized spacial score (nSPS) is 22.2. The van der Waals surface area contributed by atoms with Crippen molar-refractivity contribution in [2.45, 2.75) is 25.7 Å². The summed E-state index contributed by atoms with van der Waals surface area (Å²) in [4.78, 5) is 17.7. The van der Waals surface area contributed by atoms with E-state index in [0.717, 1.165) is 55.0 Å². The van der Waals surface area contributed by atoms with Gasteiger partial charge in [0.2, 0.25) is 6.79 Å². The van der Waals surface area contributed by atoms with Gasteiger partial charge in [-0.25, -0.2) is 4.39 Å². The fourth-order valence-corrected chi connectivity index (χ4v) is 6.58. The van der Waals surface area contributed by atoms with Gasteiger partial charge in [0.05, 0.1) is 4.70 Å². The number of anilines is 1. The average molecular weight is 511 g/mol. The first-order chi connectivity index (χ1) is 17.6. The molecule has 1 aromatic heterocycles. The lowest BCUT2D eigenvalue weighted by Gasteiger charge is -2.40. The van der Waals surface area contributed by atoms with Gasteiger partial charge in [0.15, 0.2) is 11.5 Å². The molecule has 3 aliphatic rings. The second-order valence-corrected chi connectivity index (χ2v) is 10.8. The smallest absolute Gasteiger partial charge is 0.251 e. The number of ether oxygens (including phenoxy) is 2. The van der Waals surface area contributed by atoms with Crippen molar-refractivity contribution in [1.82, 2.24) is 14.6 Å². The highest BCUT2D eigenvalue weighted by atomic mass is 32.1. The number of piperazine rings is 1. The van der Waals surface area contributed by atoms with E-state index in [-0.39, 0.29) is 18.5 Å². The van der Waals surface area contributed by atoms with Crippen LogP contribution >= 0.6 is 11.5 Å². The number of nitrogens with one attached hydrogen (secondary N) is 1. The zero-order valence-corrected chi connectivity index (χ0v) is 21.1. The molecule has 2 atom stereocenters. The van der Waals surface area contributed by atoms with Gasteiger partial charge in [0.1, 0.15) is 11.6 Å². The van der Waals surface area contributed by atoms with E-state index in [2.05, 4.69) is 19.5 Å². The maximum atomic E-state index is 13.6. The molecular formula is C27H31FN4O3S. The molecule has 1 amide bonds. The second-order valence-electron chi connectivity index (χ2n) is 10.0. The number of amides is 1. The predicted molar refractivity (Wildman–Crippen MR) is 139 cm³/mol. The van der Waals surface area contributed by atoms with Crippen molar-refractivity contribution in [2.75, 3.05) is 51.0 Å². The van der Waals surface area contributed by atoms with Crippen molar-refractivity contribution in [3.8, 4) is 11.5 Å². The molecule has 9 heteroatoms. The summed E-state index contributed by atoms with van der Waals surface area (Å²) in [6.45, 7) is 5.82. The van der Waals surface area contributed by atoms with Gasteiger partial charge in [0, 0.05) is 50.2 Å². The first-order valence-electron chi connectivity index (χ1n) is 12.8. The van der Waals surface area contributed by atoms with Crippen molar-refractivity contribution in [1.29, 1.82) is 0 Å². The number of rotatable bonds is 6. The van der Waals surface area contributed by atoms with Gasteiger partial charge < -0.3 is 19.7 Å². The highest BCUT2D eigenvalue weighted by Gasteiger charge is 2.29. The van der Waals surface area contributed by atoms with E-state index in [1.807, 2.05) is 6.07 Å². The molecule has 3 heterocycles. The summed E-state index contributed by atoms with van der Waals surface area (Å²) >= 11 is 1.37. The number of hydrogen-bond acceptors (Lipinski definition) is 7. The van der Waals surface area contributed by atoms with Crippen LogP contribution in [0.4, 0.5) is 10.2 Å². The first-order valence-corrected chi connectivity index (χ1v) is 13.6. The molecule has 36 heavy (non-hydrogen) atoms. The Labute approximate surface area is 214 Å². The van der Waals surface area contributed by atoms with Crippen molar-refractivity contribution in [2.24, 2.45) is 11.8 Å². The van der Waals surface area contributed by atoms with Gasteiger partial charge in [-0.2, -0.15) is 4.37 Å². The van der Waals surface area contributed by atoms with Crippen LogP contribution in [0.15, 0.2) is 36.4 Å². The lowest BCUT2D eigenvalue weighted by atomic mass is 9.78. The Morgan fingerprint density at radius 2 is 1.83 bits per heavy atom. The summed E-state index contributed by atoms with van der Waals surface area (Å²) in [7, 11) is 0. The van der Waals surface area contributed by atoms with Crippen LogP contribution < -0.4 is 19.7 Å². The van der Waals surface area contributed by atoms with Crippen LogP contribution in [-0.2, 0) is 0 Å². The predicted octanol–water partition coefficient (Wildman–Crippen LogP) is 4.52. The summed E-state index contributed by atoms with van der Waals surface area (Å²) in [6, 6.07) is 10.3. The standard InChI is InChI=1S/C27H31FN4O3S/c28-21-6-7-22-25(14-21)36-30-26(22)32-11-9-31(10-12-32)16-20-4-2-1-3-19(20)15-29-27(33)18-5-8-23-24(13-18)35-17-34-23/h5-8,13-14,19-20H,1-4,9-12,15-17H2,(H,29,33)/t19-,20-/m0/s1. The van der Waals surface area contributed by atoms with Crippen LogP contribution in [0.3, 0.4) is 0 Å². The van der Waals surface area contributed by atoms with Gasteiger partial charge in [-0.1, -0.05) is 12.8 Å². The van der Waals surface area contributed by atoms with Crippen LogP contribution in [-0.4, -0.2) is 61.2 Å². The number of nitrogens with zero attached hydrogens (tertiary/aromatic N) is 3. The quantitative estimate of drug-likeness (QED) is 0.526. The van der Waals surface area contributed by atoms with Crippen molar-refractivity contribution in [3.05, 3.63) is 47.8 Å². The number of fused-ring (bicyclic) bond motifs is 2. The molecule has 6 rings (SSSR count).